The maximum Gasteiger partial charge on any atom is 0.252 e. The molecular weight excluding hydrogens is 456 g/mol. The van der Waals surface area contributed by atoms with E-state index in [-0.39, 0.29) is 18.4 Å². The number of para-hydroxylation sites is 1. The summed E-state index contributed by atoms with van der Waals surface area (Å²) < 4.78 is 29.8. The van der Waals surface area contributed by atoms with Crippen molar-refractivity contribution in [3.05, 3.63) is 64.3 Å². The largest absolute Gasteiger partial charge is 0.350 e. The highest BCUT2D eigenvalue weighted by molar-refractivity contribution is 7.91. The van der Waals surface area contributed by atoms with Gasteiger partial charge in [-0.2, -0.15) is 9.40 Å². The van der Waals surface area contributed by atoms with Gasteiger partial charge in [-0.25, -0.2) is 13.1 Å². The van der Waals surface area contributed by atoms with E-state index < -0.39 is 10.0 Å². The first-order valence-corrected chi connectivity index (χ1v) is 13.7. The normalized spacial score (nSPS) is 18.9. The minimum atomic E-state index is -3.55. The lowest BCUT2D eigenvalue weighted by atomic mass is 9.99. The topological polar surface area (TPSA) is 84.3 Å². The van der Waals surface area contributed by atoms with Gasteiger partial charge in [0.25, 0.3) is 10.0 Å². The standard InChI is InChI=1S/C24H28N4O3S2/c1-17-12-13-23(32-17)33(30,31)27-14-6-7-18(16-27)24(29)25-15-21-20-10-5-11-22(20)28(26-21)19-8-3-2-4-9-19/h2-4,8-9,12-13,18H,5-7,10-11,14-16H2,1H3,(H,25,29). The Labute approximate surface area is 198 Å². The van der Waals surface area contributed by atoms with Gasteiger partial charge >= 0.3 is 0 Å². The number of hydrogen-bond acceptors (Lipinski definition) is 5. The van der Waals surface area contributed by atoms with E-state index in [0.29, 0.717) is 30.1 Å². The summed E-state index contributed by atoms with van der Waals surface area (Å²) in [7, 11) is -3.55. The number of fused-ring (bicyclic) bond motifs is 1. The zero-order chi connectivity index (χ0) is 23.0. The maximum absolute atomic E-state index is 13.0. The number of carbonyl (C=O) groups excluding carboxylic acids is 1. The van der Waals surface area contributed by atoms with Crippen LogP contribution < -0.4 is 5.32 Å². The van der Waals surface area contributed by atoms with Crippen LogP contribution in [0.1, 0.15) is 41.1 Å². The van der Waals surface area contributed by atoms with Crippen LogP contribution in [0.25, 0.3) is 5.69 Å². The van der Waals surface area contributed by atoms with Crippen LogP contribution in [-0.2, 0) is 34.2 Å². The van der Waals surface area contributed by atoms with Crippen LogP contribution in [0.5, 0.6) is 0 Å². The van der Waals surface area contributed by atoms with Crippen molar-refractivity contribution in [1.29, 1.82) is 0 Å². The summed E-state index contributed by atoms with van der Waals surface area (Å²) >= 11 is 1.28. The van der Waals surface area contributed by atoms with E-state index in [1.807, 2.05) is 48.0 Å². The molecule has 2 aliphatic rings. The summed E-state index contributed by atoms with van der Waals surface area (Å²) in [6.07, 6.45) is 4.43. The zero-order valence-electron chi connectivity index (χ0n) is 18.7. The number of thiophene rings is 1. The molecule has 1 aromatic carbocycles. The van der Waals surface area contributed by atoms with Crippen molar-refractivity contribution in [3.63, 3.8) is 0 Å². The summed E-state index contributed by atoms with van der Waals surface area (Å²) in [6, 6.07) is 13.5. The zero-order valence-corrected chi connectivity index (χ0v) is 20.3. The molecule has 0 radical (unpaired) electrons. The van der Waals surface area contributed by atoms with Crippen LogP contribution in [0.15, 0.2) is 46.7 Å². The van der Waals surface area contributed by atoms with Crippen molar-refractivity contribution < 1.29 is 13.2 Å². The Kier molecular flexibility index (Phi) is 6.11. The molecule has 1 N–H and O–H groups in total. The molecule has 0 bridgehead atoms. The molecule has 0 saturated carbocycles. The smallest absolute Gasteiger partial charge is 0.252 e. The van der Waals surface area contributed by atoms with Gasteiger partial charge in [0.1, 0.15) is 4.21 Å². The van der Waals surface area contributed by atoms with E-state index in [1.165, 1.54) is 26.9 Å². The van der Waals surface area contributed by atoms with Crippen molar-refractivity contribution in [2.45, 2.75) is 49.8 Å². The Morgan fingerprint density at radius 3 is 2.73 bits per heavy atom. The number of sulfonamides is 1. The molecule has 1 aliphatic carbocycles. The van der Waals surface area contributed by atoms with Crippen LogP contribution in [0.2, 0.25) is 0 Å². The van der Waals surface area contributed by atoms with Crippen molar-refractivity contribution >= 4 is 27.3 Å². The quantitative estimate of drug-likeness (QED) is 0.581. The SMILES string of the molecule is Cc1ccc(S(=O)(=O)N2CCCC(C(=O)NCc3nn(-c4ccccc4)c4c3CCC4)C2)s1. The van der Waals surface area contributed by atoms with Crippen molar-refractivity contribution in [2.24, 2.45) is 5.92 Å². The molecule has 1 atom stereocenters. The lowest BCUT2D eigenvalue weighted by Crippen LogP contribution is -2.45. The van der Waals surface area contributed by atoms with E-state index in [0.717, 1.165) is 35.5 Å². The predicted octanol–water partition coefficient (Wildman–Crippen LogP) is 3.45. The second kappa shape index (κ2) is 9.04. The molecule has 33 heavy (non-hydrogen) atoms. The molecule has 1 amide bonds. The van der Waals surface area contributed by atoms with E-state index in [9.17, 15) is 13.2 Å². The number of carbonyl (C=O) groups is 1. The number of amides is 1. The van der Waals surface area contributed by atoms with E-state index in [1.54, 1.807) is 6.07 Å². The second-order valence-electron chi connectivity index (χ2n) is 8.76. The molecule has 7 nitrogen and oxygen atoms in total. The first-order chi connectivity index (χ1) is 15.9. The number of aryl methyl sites for hydroxylation is 1. The third kappa shape index (κ3) is 4.37. The first kappa shape index (κ1) is 22.3. The van der Waals surface area contributed by atoms with Crippen LogP contribution in [-0.4, -0.2) is 41.5 Å². The second-order valence-corrected chi connectivity index (χ2v) is 12.2. The fourth-order valence-electron chi connectivity index (χ4n) is 4.81. The summed E-state index contributed by atoms with van der Waals surface area (Å²) in [5, 5.41) is 7.86. The minimum Gasteiger partial charge on any atom is -0.350 e. The molecular formula is C24H28N4O3S2. The average molecular weight is 485 g/mol. The van der Waals surface area contributed by atoms with Gasteiger partial charge in [-0.3, -0.25) is 4.79 Å². The van der Waals surface area contributed by atoms with E-state index in [4.69, 9.17) is 5.10 Å². The Morgan fingerprint density at radius 2 is 1.97 bits per heavy atom. The van der Waals surface area contributed by atoms with Gasteiger partial charge in [-0.05, 0) is 68.9 Å². The van der Waals surface area contributed by atoms with Crippen molar-refractivity contribution in [2.75, 3.05) is 13.1 Å². The maximum atomic E-state index is 13.0. The Bertz CT molecular complexity index is 1260. The predicted molar refractivity (Wildman–Crippen MR) is 128 cm³/mol. The highest BCUT2D eigenvalue weighted by Crippen LogP contribution is 2.29. The molecule has 1 fully saturated rings. The number of piperidine rings is 1. The molecule has 3 heterocycles. The monoisotopic (exact) mass is 484 g/mol. The number of aromatic nitrogens is 2. The summed E-state index contributed by atoms with van der Waals surface area (Å²) in [6.45, 7) is 2.94. The van der Waals surface area contributed by atoms with Gasteiger partial charge in [0.05, 0.1) is 23.8 Å². The number of hydrogen-bond donors (Lipinski definition) is 1. The Morgan fingerprint density at radius 1 is 1.15 bits per heavy atom. The number of rotatable bonds is 6. The van der Waals surface area contributed by atoms with Crippen LogP contribution in [0.3, 0.4) is 0 Å². The Hall–Kier alpha value is -2.49. The van der Waals surface area contributed by atoms with Crippen LogP contribution >= 0.6 is 11.3 Å². The van der Waals surface area contributed by atoms with Crippen molar-refractivity contribution in [3.8, 4) is 5.69 Å². The third-order valence-corrected chi connectivity index (χ3v) is 9.84. The summed E-state index contributed by atoms with van der Waals surface area (Å²) in [4.78, 5) is 14.0. The first-order valence-electron chi connectivity index (χ1n) is 11.4. The van der Waals surface area contributed by atoms with E-state index in [2.05, 4.69) is 5.32 Å². The average Bonchev–Trinajstić information content (AvgIpc) is 3.56. The lowest BCUT2D eigenvalue weighted by Gasteiger charge is -2.30. The van der Waals surface area contributed by atoms with Gasteiger partial charge in [0.15, 0.2) is 0 Å². The lowest BCUT2D eigenvalue weighted by molar-refractivity contribution is -0.126. The summed E-state index contributed by atoms with van der Waals surface area (Å²) in [5.74, 6) is -0.447. The highest BCUT2D eigenvalue weighted by Gasteiger charge is 2.34. The summed E-state index contributed by atoms with van der Waals surface area (Å²) in [5.41, 5.74) is 4.41. The molecule has 1 saturated heterocycles. The molecule has 174 valence electrons. The van der Waals surface area contributed by atoms with Gasteiger partial charge in [0, 0.05) is 23.7 Å². The number of benzene rings is 1. The van der Waals surface area contributed by atoms with Gasteiger partial charge in [0.2, 0.25) is 5.91 Å². The fourth-order valence-corrected chi connectivity index (χ4v) is 7.77. The van der Waals surface area contributed by atoms with Gasteiger partial charge in [-0.15, -0.1) is 11.3 Å². The molecule has 2 aromatic heterocycles. The highest BCUT2D eigenvalue weighted by atomic mass is 32.2. The number of nitrogens with zero attached hydrogens (tertiary/aromatic N) is 3. The molecule has 0 spiro atoms. The van der Waals surface area contributed by atoms with Crippen LogP contribution in [0, 0.1) is 12.8 Å². The Balaban J connectivity index is 1.27. The molecule has 1 unspecified atom stereocenters. The molecule has 3 aromatic rings. The van der Waals surface area contributed by atoms with Gasteiger partial charge in [-0.1, -0.05) is 18.2 Å². The van der Waals surface area contributed by atoms with Gasteiger partial charge < -0.3 is 5.32 Å². The van der Waals surface area contributed by atoms with E-state index >= 15 is 0 Å². The number of nitrogens with one attached hydrogen (secondary N) is 1. The molecule has 9 heteroatoms. The third-order valence-electron chi connectivity index (χ3n) is 6.51. The molecule has 5 rings (SSSR count). The van der Waals surface area contributed by atoms with Crippen LogP contribution in [0.4, 0.5) is 0 Å². The van der Waals surface area contributed by atoms with Crippen molar-refractivity contribution in [1.82, 2.24) is 19.4 Å². The molecule has 1 aliphatic heterocycles. The minimum absolute atomic E-state index is 0.0988. The fraction of sp³-hybridized carbons (Fsp3) is 0.417.